The summed E-state index contributed by atoms with van der Waals surface area (Å²) in [4.78, 5) is 42.9. The van der Waals surface area contributed by atoms with E-state index in [9.17, 15) is 14.4 Å². The third-order valence-corrected chi connectivity index (χ3v) is 7.17. The molecule has 9 nitrogen and oxygen atoms in total. The molecule has 2 saturated heterocycles. The van der Waals surface area contributed by atoms with Gasteiger partial charge in [0.05, 0.1) is 12.0 Å². The van der Waals surface area contributed by atoms with Gasteiger partial charge in [-0.25, -0.2) is 9.80 Å². The molecule has 0 radical (unpaired) electrons. The molecule has 0 spiro atoms. The summed E-state index contributed by atoms with van der Waals surface area (Å²) in [5.74, 6) is -0.118. The van der Waals surface area contributed by atoms with Gasteiger partial charge in [0.2, 0.25) is 11.8 Å². The number of carbonyl (C=O) groups is 3. The molecule has 0 bridgehead atoms. The summed E-state index contributed by atoms with van der Waals surface area (Å²) in [6.07, 6.45) is 6.80. The van der Waals surface area contributed by atoms with Crippen molar-refractivity contribution >= 4 is 17.8 Å². The van der Waals surface area contributed by atoms with Crippen molar-refractivity contribution in [1.29, 1.82) is 5.26 Å². The number of rotatable bonds is 5. The van der Waals surface area contributed by atoms with Crippen LogP contribution in [0.2, 0.25) is 0 Å². The van der Waals surface area contributed by atoms with Gasteiger partial charge >= 0.3 is 6.03 Å². The molecule has 4 unspecified atom stereocenters. The molecule has 0 aromatic heterocycles. The predicted octanol–water partition coefficient (Wildman–Crippen LogP) is 1.77. The predicted molar refractivity (Wildman–Crippen MR) is 113 cm³/mol. The zero-order chi connectivity index (χ0) is 22.1. The van der Waals surface area contributed by atoms with E-state index in [1.807, 2.05) is 19.9 Å². The molecular formula is C22H34N6O3. The highest BCUT2D eigenvalue weighted by Gasteiger charge is 2.56. The number of hydrogen-bond donors (Lipinski definition) is 2. The fraction of sp³-hybridized carbons (Fsp3) is 0.818. The van der Waals surface area contributed by atoms with Gasteiger partial charge in [0.25, 0.3) is 0 Å². The van der Waals surface area contributed by atoms with Gasteiger partial charge in [-0.1, -0.05) is 33.1 Å². The van der Waals surface area contributed by atoms with Crippen LogP contribution in [-0.4, -0.2) is 64.1 Å². The van der Waals surface area contributed by atoms with E-state index in [4.69, 9.17) is 5.26 Å². The van der Waals surface area contributed by atoms with E-state index in [2.05, 4.69) is 10.7 Å². The minimum Gasteiger partial charge on any atom is -0.353 e. The van der Waals surface area contributed by atoms with Gasteiger partial charge in [0.15, 0.2) is 6.29 Å². The average molecular weight is 431 g/mol. The molecule has 170 valence electrons. The zero-order valence-corrected chi connectivity index (χ0v) is 18.5. The highest BCUT2D eigenvalue weighted by molar-refractivity contribution is 5.87. The van der Waals surface area contributed by atoms with Crippen LogP contribution in [0.1, 0.15) is 65.2 Å². The van der Waals surface area contributed by atoms with E-state index in [0.717, 1.165) is 25.7 Å². The van der Waals surface area contributed by atoms with E-state index < -0.39 is 6.29 Å². The molecular weight excluding hydrogens is 396 g/mol. The van der Waals surface area contributed by atoms with Gasteiger partial charge in [-0.2, -0.15) is 10.7 Å². The third-order valence-electron chi connectivity index (χ3n) is 7.17. The SMILES string of the molecule is CC(C)CN1C(=O)C2CCC(C(=O)NC3CCCCC3)CC2N2C(=O)N(CC#N)NC12. The van der Waals surface area contributed by atoms with Gasteiger partial charge < -0.3 is 10.2 Å². The average Bonchev–Trinajstić information content (AvgIpc) is 3.08. The summed E-state index contributed by atoms with van der Waals surface area (Å²) in [7, 11) is 0. The Kier molecular flexibility index (Phi) is 6.37. The Bertz CT molecular complexity index is 759. The van der Waals surface area contributed by atoms with Gasteiger partial charge in [0.1, 0.15) is 6.54 Å². The topological polar surface area (TPSA) is 109 Å². The normalized spacial score (nSPS) is 31.5. The molecule has 2 saturated carbocycles. The zero-order valence-electron chi connectivity index (χ0n) is 18.5. The van der Waals surface area contributed by atoms with Crippen LogP contribution < -0.4 is 10.7 Å². The number of fused-ring (bicyclic) bond motifs is 3. The van der Waals surface area contributed by atoms with E-state index in [0.29, 0.717) is 25.8 Å². The summed E-state index contributed by atoms with van der Waals surface area (Å²) in [5.41, 5.74) is 3.06. The summed E-state index contributed by atoms with van der Waals surface area (Å²) >= 11 is 0. The van der Waals surface area contributed by atoms with Crippen LogP contribution in [0.4, 0.5) is 4.79 Å². The van der Waals surface area contributed by atoms with Crippen molar-refractivity contribution < 1.29 is 14.4 Å². The summed E-state index contributed by atoms with van der Waals surface area (Å²) in [5, 5.41) is 13.6. The maximum absolute atomic E-state index is 13.4. The number of carbonyl (C=O) groups excluding carboxylic acids is 3. The van der Waals surface area contributed by atoms with Crippen molar-refractivity contribution in [2.75, 3.05) is 13.1 Å². The van der Waals surface area contributed by atoms with Crippen LogP contribution in [0.3, 0.4) is 0 Å². The number of nitriles is 1. The molecule has 2 aliphatic heterocycles. The van der Waals surface area contributed by atoms with Gasteiger partial charge in [-0.05, 0) is 38.0 Å². The van der Waals surface area contributed by atoms with E-state index in [1.165, 1.54) is 11.4 Å². The molecule has 9 heteroatoms. The van der Waals surface area contributed by atoms with Crippen LogP contribution in [-0.2, 0) is 9.59 Å². The smallest absolute Gasteiger partial charge is 0.338 e. The molecule has 4 amide bonds. The maximum atomic E-state index is 13.4. The Hall–Kier alpha value is -2.34. The van der Waals surface area contributed by atoms with Crippen molar-refractivity contribution in [3.05, 3.63) is 0 Å². The quantitative estimate of drug-likeness (QED) is 0.646. The van der Waals surface area contributed by atoms with Crippen molar-refractivity contribution in [1.82, 2.24) is 25.6 Å². The van der Waals surface area contributed by atoms with Gasteiger partial charge in [-0.3, -0.25) is 14.5 Å². The van der Waals surface area contributed by atoms with E-state index in [1.54, 1.807) is 9.80 Å². The van der Waals surface area contributed by atoms with Gasteiger partial charge in [-0.15, -0.1) is 0 Å². The van der Waals surface area contributed by atoms with Crippen LogP contribution in [0.15, 0.2) is 0 Å². The minimum atomic E-state index is -0.586. The highest BCUT2D eigenvalue weighted by atomic mass is 16.2. The Morgan fingerprint density at radius 2 is 1.94 bits per heavy atom. The standard InChI is InChI=1S/C22H34N6O3/c1-14(2)13-26-20(30)17-9-8-15(19(29)24-16-6-4-3-5-7-16)12-18(17)28-21(26)25-27(11-10-23)22(28)31/h14-18,21,25H,3-9,11-13H2,1-2H3,(H,24,29). The van der Waals surface area contributed by atoms with Crippen LogP contribution in [0, 0.1) is 29.1 Å². The molecule has 31 heavy (non-hydrogen) atoms. The molecule has 2 N–H and O–H groups in total. The maximum Gasteiger partial charge on any atom is 0.338 e. The number of nitrogens with zero attached hydrogens (tertiary/aromatic N) is 4. The summed E-state index contributed by atoms with van der Waals surface area (Å²) < 4.78 is 0. The molecule has 2 heterocycles. The fourth-order valence-electron chi connectivity index (χ4n) is 5.69. The Balaban J connectivity index is 1.52. The fourth-order valence-corrected chi connectivity index (χ4v) is 5.69. The lowest BCUT2D eigenvalue weighted by atomic mass is 9.75. The monoisotopic (exact) mass is 430 g/mol. The Labute approximate surface area is 184 Å². The van der Waals surface area contributed by atoms with Crippen LogP contribution in [0.5, 0.6) is 0 Å². The Morgan fingerprint density at radius 1 is 1.19 bits per heavy atom. The number of hydrogen-bond acceptors (Lipinski definition) is 5. The number of urea groups is 1. The third kappa shape index (κ3) is 4.22. The van der Waals surface area contributed by atoms with Crippen molar-refractivity contribution in [3.8, 4) is 6.07 Å². The number of amides is 4. The van der Waals surface area contributed by atoms with Crippen LogP contribution >= 0.6 is 0 Å². The first-order chi connectivity index (χ1) is 14.9. The van der Waals surface area contributed by atoms with Crippen LogP contribution in [0.25, 0.3) is 0 Å². The molecule has 4 rings (SSSR count). The molecule has 4 fully saturated rings. The molecule has 4 aliphatic rings. The van der Waals surface area contributed by atoms with Crippen molar-refractivity contribution in [2.45, 2.75) is 83.6 Å². The van der Waals surface area contributed by atoms with Crippen molar-refractivity contribution in [3.63, 3.8) is 0 Å². The lowest BCUT2D eigenvalue weighted by molar-refractivity contribution is -0.159. The first-order valence-corrected chi connectivity index (χ1v) is 11.7. The largest absolute Gasteiger partial charge is 0.353 e. The minimum absolute atomic E-state index is 0.0465. The van der Waals surface area contributed by atoms with E-state index in [-0.39, 0.29) is 54.2 Å². The number of nitrogens with one attached hydrogen (secondary N) is 2. The first kappa shape index (κ1) is 21.9. The van der Waals surface area contributed by atoms with Crippen molar-refractivity contribution in [2.24, 2.45) is 17.8 Å². The second-order valence-electron chi connectivity index (χ2n) is 9.85. The molecule has 0 aromatic rings. The van der Waals surface area contributed by atoms with E-state index >= 15 is 0 Å². The second kappa shape index (κ2) is 9.03. The highest BCUT2D eigenvalue weighted by Crippen LogP contribution is 2.40. The second-order valence-corrected chi connectivity index (χ2v) is 9.85. The summed E-state index contributed by atoms with van der Waals surface area (Å²) in [6, 6.07) is 1.66. The molecule has 4 atom stereocenters. The molecule has 2 aliphatic carbocycles. The first-order valence-electron chi connectivity index (χ1n) is 11.7. The van der Waals surface area contributed by atoms with Gasteiger partial charge in [0, 0.05) is 24.5 Å². The summed E-state index contributed by atoms with van der Waals surface area (Å²) in [6.45, 7) is 4.54. The Morgan fingerprint density at radius 3 is 2.61 bits per heavy atom. The number of hydrazine groups is 1. The molecule has 0 aromatic carbocycles. The lowest BCUT2D eigenvalue weighted by Crippen LogP contribution is -2.67. The lowest BCUT2D eigenvalue weighted by Gasteiger charge is -2.50.